The third-order valence-corrected chi connectivity index (χ3v) is 8.93. The average Bonchev–Trinajstić information content (AvgIpc) is 3.69. The van der Waals surface area contributed by atoms with E-state index in [1.807, 2.05) is 47.6 Å². The Morgan fingerprint density at radius 2 is 1.85 bits per heavy atom. The lowest BCUT2D eigenvalue weighted by molar-refractivity contribution is -0.156. The molecule has 1 saturated heterocycles. The van der Waals surface area contributed by atoms with Crippen LogP contribution in [-0.4, -0.2) is 77.4 Å². The second-order valence-electron chi connectivity index (χ2n) is 14.4. The van der Waals surface area contributed by atoms with Crippen molar-refractivity contribution in [2.75, 3.05) is 20.3 Å². The molecule has 1 aromatic carbocycles. The number of likely N-dealkylation sites (tertiary alicyclic amines) is 1. The molecule has 1 N–H and O–H groups in total. The lowest BCUT2D eigenvalue weighted by Crippen LogP contribution is -2.57. The molecule has 2 heterocycles. The van der Waals surface area contributed by atoms with Gasteiger partial charge < -0.3 is 29.2 Å². The highest BCUT2D eigenvalue weighted by Gasteiger charge is 2.51. The first kappa shape index (κ1) is 36.7. The molecule has 2 fully saturated rings. The van der Waals surface area contributed by atoms with Crippen LogP contribution in [0.5, 0.6) is 11.6 Å². The Balaban J connectivity index is 1.55. The molecular weight excluding hydrogens is 612 g/mol. The van der Waals surface area contributed by atoms with Gasteiger partial charge in [0.05, 0.1) is 31.3 Å². The zero-order chi connectivity index (χ0) is 35.2. The Labute approximate surface area is 284 Å². The number of rotatable bonds is 15. The standard InChI is InChI=1S/C37H52N4O7/c1-10-12-13-14-15-24-18-29(24)48-36(44)40-32(37(6,7)8)34(42)41-20-30(23(5)31(41)35(43)46-21-22(3)4)47-33-26(11-2)38-27-17-16-25(45-9)19-28(27)39-33/h10-11,16-17,19,22-24,29-32H,1-2,12-15,18,20-21H2,3-9H3,(H,40,44)/t23-,24-,29-,30+,31+,32-/m1/s1. The fourth-order valence-electron chi connectivity index (χ4n) is 6.00. The van der Waals surface area contributed by atoms with E-state index in [0.29, 0.717) is 28.4 Å². The summed E-state index contributed by atoms with van der Waals surface area (Å²) in [4.78, 5) is 51.9. The van der Waals surface area contributed by atoms with Gasteiger partial charge in [-0.2, -0.15) is 0 Å². The fraction of sp³-hybridized carbons (Fsp3) is 0.595. The van der Waals surface area contributed by atoms with E-state index in [-0.39, 0.29) is 31.1 Å². The molecule has 1 aliphatic heterocycles. The number of fused-ring (bicyclic) bond motifs is 1. The van der Waals surface area contributed by atoms with E-state index < -0.39 is 47.5 Å². The third kappa shape index (κ3) is 9.05. The summed E-state index contributed by atoms with van der Waals surface area (Å²) in [7, 11) is 1.57. The third-order valence-electron chi connectivity index (χ3n) is 8.93. The number of esters is 1. The summed E-state index contributed by atoms with van der Waals surface area (Å²) in [5, 5.41) is 2.83. The summed E-state index contributed by atoms with van der Waals surface area (Å²) in [6.45, 7) is 19.2. The van der Waals surface area contributed by atoms with Crippen LogP contribution in [0.25, 0.3) is 17.1 Å². The number of allylic oxidation sites excluding steroid dienone is 1. The highest BCUT2D eigenvalue weighted by molar-refractivity contribution is 5.91. The number of ether oxygens (including phenoxy) is 4. The number of benzene rings is 1. The van der Waals surface area contributed by atoms with Crippen molar-refractivity contribution in [1.29, 1.82) is 0 Å². The highest BCUT2D eigenvalue weighted by atomic mass is 16.6. The minimum Gasteiger partial charge on any atom is -0.497 e. The maximum atomic E-state index is 14.4. The van der Waals surface area contributed by atoms with Crippen LogP contribution in [0, 0.1) is 23.2 Å². The quantitative estimate of drug-likeness (QED) is 0.132. The number of alkyl carbamates (subject to hydrolysis) is 1. The molecule has 2 amide bonds. The molecule has 262 valence electrons. The molecule has 4 rings (SSSR count). The number of carbonyl (C=O) groups excluding carboxylic acids is 3. The highest BCUT2D eigenvalue weighted by Crippen LogP contribution is 2.39. The predicted octanol–water partition coefficient (Wildman–Crippen LogP) is 6.35. The Hall–Kier alpha value is -4.15. The van der Waals surface area contributed by atoms with Crippen LogP contribution in [0.2, 0.25) is 0 Å². The van der Waals surface area contributed by atoms with Gasteiger partial charge in [-0.15, -0.1) is 6.58 Å². The van der Waals surface area contributed by atoms with Crippen LogP contribution < -0.4 is 14.8 Å². The minimum atomic E-state index is -0.974. The van der Waals surface area contributed by atoms with Crippen molar-refractivity contribution < 1.29 is 33.3 Å². The van der Waals surface area contributed by atoms with Crippen molar-refractivity contribution in [3.05, 3.63) is 43.1 Å². The zero-order valence-corrected chi connectivity index (χ0v) is 29.5. The first-order valence-corrected chi connectivity index (χ1v) is 17.0. The van der Waals surface area contributed by atoms with E-state index in [4.69, 9.17) is 23.9 Å². The van der Waals surface area contributed by atoms with Gasteiger partial charge >= 0.3 is 12.1 Å². The summed E-state index contributed by atoms with van der Waals surface area (Å²) in [6.07, 6.45) is 6.94. The lowest BCUT2D eigenvalue weighted by atomic mass is 9.85. The number of aromatic nitrogens is 2. The van der Waals surface area contributed by atoms with Gasteiger partial charge in [0, 0.05) is 12.0 Å². The van der Waals surface area contributed by atoms with Crippen molar-refractivity contribution in [1.82, 2.24) is 20.2 Å². The maximum absolute atomic E-state index is 14.4. The largest absolute Gasteiger partial charge is 0.497 e. The van der Waals surface area contributed by atoms with Gasteiger partial charge in [0.25, 0.3) is 0 Å². The summed E-state index contributed by atoms with van der Waals surface area (Å²) < 4.78 is 23.2. The smallest absolute Gasteiger partial charge is 0.408 e. The van der Waals surface area contributed by atoms with Gasteiger partial charge in [-0.1, -0.05) is 60.6 Å². The number of nitrogens with zero attached hydrogens (tertiary/aromatic N) is 3. The van der Waals surface area contributed by atoms with Crippen LogP contribution >= 0.6 is 0 Å². The normalized spacial score (nSPS) is 22.6. The summed E-state index contributed by atoms with van der Waals surface area (Å²) in [5.74, 6) is -0.137. The molecule has 1 aliphatic carbocycles. The number of methoxy groups -OCH3 is 1. The van der Waals surface area contributed by atoms with Gasteiger partial charge in [0.2, 0.25) is 11.8 Å². The van der Waals surface area contributed by atoms with E-state index in [9.17, 15) is 14.4 Å². The number of amides is 2. The summed E-state index contributed by atoms with van der Waals surface area (Å²) >= 11 is 0. The molecule has 0 radical (unpaired) electrons. The maximum Gasteiger partial charge on any atom is 0.408 e. The number of unbranched alkanes of at least 4 members (excludes halogenated alkanes) is 2. The van der Waals surface area contributed by atoms with E-state index in [0.717, 1.165) is 32.1 Å². The molecule has 48 heavy (non-hydrogen) atoms. The Morgan fingerprint density at radius 1 is 1.10 bits per heavy atom. The van der Waals surface area contributed by atoms with E-state index >= 15 is 0 Å². The van der Waals surface area contributed by atoms with Crippen LogP contribution in [0.4, 0.5) is 4.79 Å². The van der Waals surface area contributed by atoms with Gasteiger partial charge in [0.1, 0.15) is 35.7 Å². The monoisotopic (exact) mass is 664 g/mol. The lowest BCUT2D eigenvalue weighted by Gasteiger charge is -2.35. The average molecular weight is 665 g/mol. The van der Waals surface area contributed by atoms with Crippen molar-refractivity contribution >= 4 is 35.1 Å². The summed E-state index contributed by atoms with van der Waals surface area (Å²) in [5.41, 5.74) is 0.934. The molecule has 6 atom stereocenters. The van der Waals surface area contributed by atoms with Crippen LogP contribution in [-0.2, 0) is 19.1 Å². The Kier molecular flexibility index (Phi) is 12.1. The minimum absolute atomic E-state index is 0.0641. The number of hydrogen-bond donors (Lipinski definition) is 1. The Morgan fingerprint density at radius 3 is 2.50 bits per heavy atom. The predicted molar refractivity (Wildman–Crippen MR) is 184 cm³/mol. The molecule has 0 spiro atoms. The van der Waals surface area contributed by atoms with E-state index in [1.165, 1.54) is 4.90 Å². The molecule has 0 bridgehead atoms. The number of nitrogens with one attached hydrogen (secondary N) is 1. The van der Waals surface area contributed by atoms with E-state index in [1.54, 1.807) is 31.4 Å². The molecule has 11 heteroatoms. The molecule has 1 saturated carbocycles. The van der Waals surface area contributed by atoms with Crippen molar-refractivity contribution in [2.45, 2.75) is 97.9 Å². The summed E-state index contributed by atoms with van der Waals surface area (Å²) in [6, 6.07) is 3.43. The number of hydrogen-bond acceptors (Lipinski definition) is 9. The van der Waals surface area contributed by atoms with Gasteiger partial charge in [0.15, 0.2) is 0 Å². The molecular formula is C37H52N4O7. The second kappa shape index (κ2) is 15.8. The van der Waals surface area contributed by atoms with Gasteiger partial charge in [-0.25, -0.2) is 19.6 Å². The van der Waals surface area contributed by atoms with Crippen molar-refractivity contribution in [3.63, 3.8) is 0 Å². The second-order valence-corrected chi connectivity index (χ2v) is 14.4. The fourth-order valence-corrected chi connectivity index (χ4v) is 6.00. The van der Waals surface area contributed by atoms with Crippen LogP contribution in [0.15, 0.2) is 37.4 Å². The SMILES string of the molecule is C=CCCCC[C@@H]1C[C@H]1OC(=O)N[C@H](C(=O)N1C[C@H](Oc2nc3cc(OC)ccc3nc2C=C)[C@@H](C)[C@H]1C(=O)OCC(C)C)C(C)(C)C. The van der Waals surface area contributed by atoms with Crippen LogP contribution in [0.3, 0.4) is 0 Å². The molecule has 11 nitrogen and oxygen atoms in total. The first-order chi connectivity index (χ1) is 22.8. The first-order valence-electron chi connectivity index (χ1n) is 17.0. The molecule has 2 aliphatic rings. The molecule has 1 aromatic heterocycles. The van der Waals surface area contributed by atoms with Gasteiger partial charge in [-0.05, 0) is 61.1 Å². The van der Waals surface area contributed by atoms with E-state index in [2.05, 4.69) is 23.5 Å². The van der Waals surface area contributed by atoms with Crippen molar-refractivity contribution in [2.24, 2.45) is 23.2 Å². The Bertz CT molecular complexity index is 1490. The topological polar surface area (TPSA) is 129 Å². The van der Waals surface area contributed by atoms with Gasteiger partial charge in [-0.3, -0.25) is 4.79 Å². The molecule has 2 aromatic rings. The van der Waals surface area contributed by atoms with Crippen LogP contribution in [0.1, 0.15) is 79.3 Å². The zero-order valence-electron chi connectivity index (χ0n) is 29.5. The van der Waals surface area contributed by atoms with Crippen molar-refractivity contribution in [3.8, 4) is 11.6 Å². The number of carbonyl (C=O) groups is 3. The molecule has 0 unspecified atom stereocenters.